The van der Waals surface area contributed by atoms with Gasteiger partial charge in [0.25, 0.3) is 0 Å². The number of unbranched alkanes of at least 4 members (excludes halogenated alkanes) is 1. The fraction of sp³-hybridized carbons (Fsp3) is 0.818. The Balaban J connectivity index is 3.61. The summed E-state index contributed by atoms with van der Waals surface area (Å²) < 4.78 is 0. The lowest BCUT2D eigenvalue weighted by Gasteiger charge is -2.04. The van der Waals surface area contributed by atoms with Gasteiger partial charge >= 0.3 is 0 Å². The van der Waals surface area contributed by atoms with Crippen LogP contribution in [0.3, 0.4) is 0 Å². The lowest BCUT2D eigenvalue weighted by atomic mass is 10.0. The van der Waals surface area contributed by atoms with Gasteiger partial charge in [-0.05, 0) is 25.7 Å². The molecular weight excluding hydrogens is 132 g/mol. The van der Waals surface area contributed by atoms with Gasteiger partial charge in [0.2, 0.25) is 0 Å². The summed E-state index contributed by atoms with van der Waals surface area (Å²) in [6.07, 6.45) is 7.63. The van der Waals surface area contributed by atoms with E-state index in [1.807, 2.05) is 0 Å². The first kappa shape index (κ1) is 10.7. The second-order valence-corrected chi connectivity index (χ2v) is 3.50. The smallest absolute Gasteiger partial charge is 0.0262 e. The molecule has 66 valence electrons. The maximum Gasteiger partial charge on any atom is -0.0262 e. The van der Waals surface area contributed by atoms with Crippen LogP contribution < -0.4 is 0 Å². The second-order valence-electron chi connectivity index (χ2n) is 3.50. The highest BCUT2D eigenvalue weighted by Crippen LogP contribution is 2.11. The molecule has 0 amide bonds. The van der Waals surface area contributed by atoms with Crippen molar-refractivity contribution in [3.8, 4) is 0 Å². The Morgan fingerprint density at radius 2 is 2.00 bits per heavy atom. The highest BCUT2D eigenvalue weighted by Gasteiger charge is 1.94. The summed E-state index contributed by atoms with van der Waals surface area (Å²) in [6, 6.07) is 0. The third-order valence-corrected chi connectivity index (χ3v) is 2.14. The van der Waals surface area contributed by atoms with Gasteiger partial charge in [-0.3, -0.25) is 0 Å². The largest absolute Gasteiger partial charge is 0.0828 e. The molecule has 0 saturated carbocycles. The number of hydrogen-bond acceptors (Lipinski definition) is 0. The molecule has 1 unspecified atom stereocenters. The third-order valence-electron chi connectivity index (χ3n) is 2.14. The van der Waals surface area contributed by atoms with Gasteiger partial charge in [0, 0.05) is 0 Å². The van der Waals surface area contributed by atoms with Gasteiger partial charge in [-0.1, -0.05) is 45.3 Å². The lowest BCUT2D eigenvalue weighted by Crippen LogP contribution is -1.88. The predicted molar refractivity (Wildman–Crippen MR) is 52.7 cm³/mol. The Kier molecular flexibility index (Phi) is 6.30. The minimum absolute atomic E-state index is 0.770. The molecule has 0 aliphatic carbocycles. The zero-order chi connectivity index (χ0) is 8.69. The van der Waals surface area contributed by atoms with Crippen molar-refractivity contribution in [3.05, 3.63) is 11.6 Å². The lowest BCUT2D eigenvalue weighted by molar-refractivity contribution is 0.681. The van der Waals surface area contributed by atoms with Crippen LogP contribution in [0.25, 0.3) is 0 Å². The fourth-order valence-electron chi connectivity index (χ4n) is 1.14. The van der Waals surface area contributed by atoms with Gasteiger partial charge in [0.05, 0.1) is 0 Å². The zero-order valence-electron chi connectivity index (χ0n) is 8.48. The van der Waals surface area contributed by atoms with Crippen LogP contribution in [0.1, 0.15) is 53.4 Å². The van der Waals surface area contributed by atoms with E-state index in [1.165, 1.54) is 25.7 Å². The van der Waals surface area contributed by atoms with Gasteiger partial charge in [0.1, 0.15) is 0 Å². The van der Waals surface area contributed by atoms with E-state index in [0.29, 0.717) is 0 Å². The van der Waals surface area contributed by atoms with E-state index in [4.69, 9.17) is 0 Å². The maximum atomic E-state index is 2.41. The molecule has 0 radical (unpaired) electrons. The molecule has 11 heavy (non-hydrogen) atoms. The van der Waals surface area contributed by atoms with E-state index >= 15 is 0 Å². The van der Waals surface area contributed by atoms with Gasteiger partial charge in [-0.25, -0.2) is 0 Å². The van der Waals surface area contributed by atoms with Crippen molar-refractivity contribution in [1.82, 2.24) is 0 Å². The van der Waals surface area contributed by atoms with E-state index < -0.39 is 0 Å². The van der Waals surface area contributed by atoms with E-state index in [-0.39, 0.29) is 0 Å². The highest BCUT2D eigenvalue weighted by atomic mass is 14.0. The molecule has 0 heterocycles. The molecule has 0 saturated heterocycles. The third kappa shape index (κ3) is 6.15. The summed E-state index contributed by atoms with van der Waals surface area (Å²) in [6.45, 7) is 9.03. The van der Waals surface area contributed by atoms with E-state index in [1.54, 1.807) is 5.57 Å². The molecule has 0 aromatic carbocycles. The molecule has 0 rings (SSSR count). The van der Waals surface area contributed by atoms with Crippen LogP contribution in [0.2, 0.25) is 0 Å². The first-order valence-corrected chi connectivity index (χ1v) is 4.88. The monoisotopic (exact) mass is 154 g/mol. The van der Waals surface area contributed by atoms with Crippen LogP contribution >= 0.6 is 0 Å². The Bertz CT molecular complexity index is 111. The first-order valence-electron chi connectivity index (χ1n) is 4.88. The van der Waals surface area contributed by atoms with Crippen molar-refractivity contribution in [2.45, 2.75) is 53.4 Å². The quantitative estimate of drug-likeness (QED) is 0.521. The van der Waals surface area contributed by atoms with Crippen molar-refractivity contribution in [3.63, 3.8) is 0 Å². The van der Waals surface area contributed by atoms with Gasteiger partial charge in [-0.2, -0.15) is 0 Å². The molecule has 0 N–H and O–H groups in total. The van der Waals surface area contributed by atoms with Crippen molar-refractivity contribution in [1.29, 1.82) is 0 Å². The molecule has 0 aromatic rings. The summed E-state index contributed by atoms with van der Waals surface area (Å²) in [5, 5.41) is 0. The summed E-state index contributed by atoms with van der Waals surface area (Å²) in [4.78, 5) is 0. The minimum atomic E-state index is 0.770. The van der Waals surface area contributed by atoms with E-state index in [0.717, 1.165) is 5.92 Å². The Hall–Kier alpha value is -0.260. The van der Waals surface area contributed by atoms with E-state index in [2.05, 4.69) is 33.8 Å². The topological polar surface area (TPSA) is 0 Å². The first-order chi connectivity index (χ1) is 5.20. The minimum Gasteiger partial charge on any atom is -0.0828 e. The number of hydrogen-bond donors (Lipinski definition) is 0. The molecule has 0 heteroatoms. The Labute approximate surface area is 71.7 Å². The summed E-state index contributed by atoms with van der Waals surface area (Å²) >= 11 is 0. The molecule has 1 atom stereocenters. The van der Waals surface area contributed by atoms with Gasteiger partial charge in [-0.15, -0.1) is 0 Å². The van der Waals surface area contributed by atoms with E-state index in [9.17, 15) is 0 Å². The Morgan fingerprint density at radius 3 is 2.45 bits per heavy atom. The molecule has 0 nitrogen and oxygen atoms in total. The standard InChI is InChI=1S/C11H22/c1-5-7-8-11(4)9-10(3)6-2/h9-10H,5-8H2,1-4H3. The summed E-state index contributed by atoms with van der Waals surface area (Å²) in [5.41, 5.74) is 1.57. The van der Waals surface area contributed by atoms with Crippen molar-refractivity contribution in [2.24, 2.45) is 5.92 Å². The van der Waals surface area contributed by atoms with Crippen LogP contribution in [-0.2, 0) is 0 Å². The molecule has 0 aromatic heterocycles. The summed E-state index contributed by atoms with van der Waals surface area (Å²) in [7, 11) is 0. The van der Waals surface area contributed by atoms with Gasteiger partial charge in [0.15, 0.2) is 0 Å². The van der Waals surface area contributed by atoms with Crippen molar-refractivity contribution < 1.29 is 0 Å². The normalized spacial score (nSPS) is 15.1. The zero-order valence-corrected chi connectivity index (χ0v) is 8.48. The second kappa shape index (κ2) is 6.45. The van der Waals surface area contributed by atoms with Crippen LogP contribution in [0, 0.1) is 5.92 Å². The molecule has 0 bridgehead atoms. The van der Waals surface area contributed by atoms with Gasteiger partial charge < -0.3 is 0 Å². The number of allylic oxidation sites excluding steroid dienone is 2. The molecular formula is C11H22. The SMILES string of the molecule is CCCCC(C)=CC(C)CC. The maximum absolute atomic E-state index is 2.41. The number of rotatable bonds is 5. The van der Waals surface area contributed by atoms with Crippen molar-refractivity contribution in [2.75, 3.05) is 0 Å². The Morgan fingerprint density at radius 1 is 1.36 bits per heavy atom. The van der Waals surface area contributed by atoms with Crippen molar-refractivity contribution >= 4 is 0 Å². The van der Waals surface area contributed by atoms with Crippen LogP contribution in [0.15, 0.2) is 11.6 Å². The summed E-state index contributed by atoms with van der Waals surface area (Å²) in [5.74, 6) is 0.770. The average molecular weight is 154 g/mol. The molecule has 0 fully saturated rings. The van der Waals surface area contributed by atoms with Crippen LogP contribution in [-0.4, -0.2) is 0 Å². The molecule has 0 aliphatic rings. The molecule has 0 aliphatic heterocycles. The highest BCUT2D eigenvalue weighted by molar-refractivity contribution is 4.99. The predicted octanol–water partition coefficient (Wildman–Crippen LogP) is 4.17. The fourth-order valence-corrected chi connectivity index (χ4v) is 1.14. The van der Waals surface area contributed by atoms with Crippen LogP contribution in [0.5, 0.6) is 0 Å². The van der Waals surface area contributed by atoms with Crippen LogP contribution in [0.4, 0.5) is 0 Å². The molecule has 0 spiro atoms. The average Bonchev–Trinajstić information content (AvgIpc) is 2.00.